The molecule has 5 heteroatoms. The van der Waals surface area contributed by atoms with Gasteiger partial charge in [0, 0.05) is 26.2 Å². The van der Waals surface area contributed by atoms with Crippen molar-refractivity contribution in [3.8, 4) is 0 Å². The van der Waals surface area contributed by atoms with Crippen LogP contribution in [0.3, 0.4) is 0 Å². The van der Waals surface area contributed by atoms with Crippen molar-refractivity contribution in [2.24, 2.45) is 0 Å². The highest BCUT2D eigenvalue weighted by molar-refractivity contribution is 5.77. The third kappa shape index (κ3) is 3.17. The first-order valence-corrected chi connectivity index (χ1v) is 5.15. The lowest BCUT2D eigenvalue weighted by Crippen LogP contribution is -2.37. The summed E-state index contributed by atoms with van der Waals surface area (Å²) in [6.45, 7) is 1.22. The number of carbonyl (C=O) groups is 1. The molecule has 0 spiro atoms. The Morgan fingerprint density at radius 3 is 2.53 bits per heavy atom. The molecule has 4 nitrogen and oxygen atoms in total. The van der Waals surface area contributed by atoms with Crippen molar-refractivity contribution in [1.29, 1.82) is 0 Å². The van der Waals surface area contributed by atoms with E-state index in [9.17, 15) is 14.3 Å². The molecule has 1 atom stereocenters. The van der Waals surface area contributed by atoms with Gasteiger partial charge in [0.05, 0.1) is 0 Å². The van der Waals surface area contributed by atoms with Crippen LogP contribution in [0.2, 0.25) is 0 Å². The third-order valence-electron chi connectivity index (χ3n) is 2.52. The van der Waals surface area contributed by atoms with Crippen LogP contribution in [0.25, 0.3) is 0 Å². The predicted octanol–water partition coefficient (Wildman–Crippen LogP) is 1.27. The number of aliphatic hydroxyl groups is 1. The van der Waals surface area contributed by atoms with E-state index in [1.54, 1.807) is 19.0 Å². The normalized spacial score (nSPS) is 14.2. The van der Waals surface area contributed by atoms with E-state index in [2.05, 4.69) is 0 Å². The van der Waals surface area contributed by atoms with Crippen molar-refractivity contribution < 1.29 is 19.4 Å². The zero-order valence-electron chi connectivity index (χ0n) is 10.1. The molecule has 0 aliphatic heterocycles. The van der Waals surface area contributed by atoms with E-state index in [1.165, 1.54) is 25.1 Å². The zero-order valence-corrected chi connectivity index (χ0v) is 10.1. The monoisotopic (exact) mass is 241 g/mol. The molecule has 0 fully saturated rings. The van der Waals surface area contributed by atoms with Crippen molar-refractivity contribution in [2.45, 2.75) is 18.9 Å². The molecule has 17 heavy (non-hydrogen) atoms. The standard InChI is InChI=1S/C12H16FNO3/c1-12(17,11(15)16)7-8-4-5-9(13)6-10(8)14(2)3/h4-6,17H,7H2,1-3H3,(H,15,16). The second-order valence-corrected chi connectivity index (χ2v) is 4.42. The lowest BCUT2D eigenvalue weighted by atomic mass is 9.95. The van der Waals surface area contributed by atoms with E-state index in [1.807, 2.05) is 0 Å². The Morgan fingerprint density at radius 1 is 1.47 bits per heavy atom. The van der Waals surface area contributed by atoms with Gasteiger partial charge in [0.1, 0.15) is 5.82 Å². The summed E-state index contributed by atoms with van der Waals surface area (Å²) in [6, 6.07) is 4.05. The third-order valence-corrected chi connectivity index (χ3v) is 2.52. The van der Waals surface area contributed by atoms with Crippen LogP contribution in [-0.4, -0.2) is 35.9 Å². The molecule has 0 saturated carbocycles. The number of rotatable bonds is 4. The lowest BCUT2D eigenvalue weighted by molar-refractivity contribution is -0.156. The van der Waals surface area contributed by atoms with Crippen LogP contribution >= 0.6 is 0 Å². The summed E-state index contributed by atoms with van der Waals surface area (Å²) in [5.41, 5.74) is -0.710. The first kappa shape index (κ1) is 13.4. The van der Waals surface area contributed by atoms with E-state index in [-0.39, 0.29) is 6.42 Å². The van der Waals surface area contributed by atoms with Gasteiger partial charge in [-0.1, -0.05) is 6.07 Å². The minimum Gasteiger partial charge on any atom is -0.479 e. The minimum atomic E-state index is -1.86. The van der Waals surface area contributed by atoms with Gasteiger partial charge in [0.15, 0.2) is 5.60 Å². The molecular formula is C12H16FNO3. The first-order chi connectivity index (χ1) is 7.74. The van der Waals surface area contributed by atoms with Crippen molar-refractivity contribution in [3.63, 3.8) is 0 Å². The van der Waals surface area contributed by atoms with Gasteiger partial charge in [0.25, 0.3) is 0 Å². The molecule has 0 saturated heterocycles. The van der Waals surface area contributed by atoms with Gasteiger partial charge in [-0.05, 0) is 24.6 Å². The fourth-order valence-corrected chi connectivity index (χ4v) is 1.55. The van der Waals surface area contributed by atoms with Gasteiger partial charge in [-0.15, -0.1) is 0 Å². The Labute approximate surface area is 99.3 Å². The molecular weight excluding hydrogens is 225 g/mol. The highest BCUT2D eigenvalue weighted by Crippen LogP contribution is 2.24. The average molecular weight is 241 g/mol. The molecule has 0 radical (unpaired) electrons. The number of hydrogen-bond acceptors (Lipinski definition) is 3. The molecule has 0 aliphatic carbocycles. The average Bonchev–Trinajstić information content (AvgIpc) is 2.19. The molecule has 0 bridgehead atoms. The van der Waals surface area contributed by atoms with E-state index < -0.39 is 17.4 Å². The summed E-state index contributed by atoms with van der Waals surface area (Å²) >= 11 is 0. The number of aliphatic carboxylic acids is 1. The Hall–Kier alpha value is -1.62. The highest BCUT2D eigenvalue weighted by Gasteiger charge is 2.31. The van der Waals surface area contributed by atoms with Crippen molar-refractivity contribution >= 4 is 11.7 Å². The van der Waals surface area contributed by atoms with Crippen LogP contribution in [0, 0.1) is 5.82 Å². The van der Waals surface area contributed by atoms with Crippen molar-refractivity contribution in [2.75, 3.05) is 19.0 Å². The Morgan fingerprint density at radius 2 is 2.06 bits per heavy atom. The number of nitrogens with zero attached hydrogens (tertiary/aromatic N) is 1. The Balaban J connectivity index is 3.10. The molecule has 1 rings (SSSR count). The second-order valence-electron chi connectivity index (χ2n) is 4.42. The van der Waals surface area contributed by atoms with Crippen LogP contribution in [-0.2, 0) is 11.2 Å². The summed E-state index contributed by atoms with van der Waals surface area (Å²) in [6.07, 6.45) is -0.0733. The first-order valence-electron chi connectivity index (χ1n) is 5.15. The van der Waals surface area contributed by atoms with E-state index >= 15 is 0 Å². The van der Waals surface area contributed by atoms with Crippen LogP contribution in [0.5, 0.6) is 0 Å². The van der Waals surface area contributed by atoms with Crippen molar-refractivity contribution in [1.82, 2.24) is 0 Å². The minimum absolute atomic E-state index is 0.0733. The fraction of sp³-hybridized carbons (Fsp3) is 0.417. The predicted molar refractivity (Wildman–Crippen MR) is 62.7 cm³/mol. The SMILES string of the molecule is CN(C)c1cc(F)ccc1CC(C)(O)C(=O)O. The maximum Gasteiger partial charge on any atom is 0.335 e. The van der Waals surface area contributed by atoms with Crippen LogP contribution in [0.15, 0.2) is 18.2 Å². The molecule has 0 amide bonds. The molecule has 1 aromatic carbocycles. The molecule has 94 valence electrons. The van der Waals surface area contributed by atoms with Gasteiger partial charge in [-0.3, -0.25) is 0 Å². The van der Waals surface area contributed by atoms with Crippen LogP contribution in [0.4, 0.5) is 10.1 Å². The molecule has 1 unspecified atom stereocenters. The maximum absolute atomic E-state index is 13.1. The summed E-state index contributed by atoms with van der Waals surface area (Å²) < 4.78 is 13.1. The van der Waals surface area contributed by atoms with Gasteiger partial charge in [-0.25, -0.2) is 9.18 Å². The number of anilines is 1. The number of hydrogen-bond donors (Lipinski definition) is 2. The van der Waals surface area contributed by atoms with Gasteiger partial charge >= 0.3 is 5.97 Å². The van der Waals surface area contributed by atoms with Gasteiger partial charge < -0.3 is 15.1 Å². The largest absolute Gasteiger partial charge is 0.479 e. The Kier molecular flexibility index (Phi) is 3.72. The second kappa shape index (κ2) is 4.71. The smallest absolute Gasteiger partial charge is 0.335 e. The summed E-state index contributed by atoms with van der Waals surface area (Å²) in [5.74, 6) is -1.70. The number of halogens is 1. The van der Waals surface area contributed by atoms with E-state index in [4.69, 9.17) is 5.11 Å². The summed E-state index contributed by atoms with van der Waals surface area (Å²) in [5, 5.41) is 18.6. The van der Waals surface area contributed by atoms with Crippen LogP contribution < -0.4 is 4.90 Å². The van der Waals surface area contributed by atoms with Gasteiger partial charge in [-0.2, -0.15) is 0 Å². The topological polar surface area (TPSA) is 60.8 Å². The van der Waals surface area contributed by atoms with Gasteiger partial charge in [0.2, 0.25) is 0 Å². The van der Waals surface area contributed by atoms with Crippen molar-refractivity contribution in [3.05, 3.63) is 29.6 Å². The maximum atomic E-state index is 13.1. The molecule has 0 aliphatic rings. The molecule has 0 aromatic heterocycles. The quantitative estimate of drug-likeness (QED) is 0.833. The van der Waals surface area contributed by atoms with Crippen LogP contribution in [0.1, 0.15) is 12.5 Å². The van der Waals surface area contributed by atoms with E-state index in [0.717, 1.165) is 0 Å². The summed E-state index contributed by atoms with van der Waals surface area (Å²) in [7, 11) is 3.46. The highest BCUT2D eigenvalue weighted by atomic mass is 19.1. The molecule has 2 N–H and O–H groups in total. The van der Waals surface area contributed by atoms with E-state index in [0.29, 0.717) is 11.3 Å². The number of benzene rings is 1. The lowest BCUT2D eigenvalue weighted by Gasteiger charge is -2.23. The number of carboxylic acids is 1. The zero-order chi connectivity index (χ0) is 13.2. The Bertz CT molecular complexity index is 430. The number of carboxylic acid groups (broad SMARTS) is 1. The fourth-order valence-electron chi connectivity index (χ4n) is 1.55. The molecule has 0 heterocycles. The molecule has 1 aromatic rings. The summed E-state index contributed by atoms with van der Waals surface area (Å²) in [4.78, 5) is 12.5.